The van der Waals surface area contributed by atoms with Gasteiger partial charge in [-0.3, -0.25) is 4.79 Å². The van der Waals surface area contributed by atoms with Gasteiger partial charge in [-0.1, -0.05) is 23.7 Å². The van der Waals surface area contributed by atoms with E-state index >= 15 is 0 Å². The van der Waals surface area contributed by atoms with E-state index in [9.17, 15) is 4.79 Å². The van der Waals surface area contributed by atoms with E-state index in [2.05, 4.69) is 10.3 Å². The first-order valence-corrected chi connectivity index (χ1v) is 7.31. The Morgan fingerprint density at radius 3 is 2.64 bits per heavy atom. The Bertz CT molecular complexity index is 687. The van der Waals surface area contributed by atoms with E-state index in [-0.39, 0.29) is 24.2 Å². The van der Waals surface area contributed by atoms with Crippen LogP contribution in [0.2, 0.25) is 5.02 Å². The second-order valence-corrected chi connectivity index (χ2v) is 5.61. The molecule has 1 saturated carbocycles. The van der Waals surface area contributed by atoms with Crippen molar-refractivity contribution >= 4 is 35.7 Å². The summed E-state index contributed by atoms with van der Waals surface area (Å²) in [7, 11) is 0. The quantitative estimate of drug-likeness (QED) is 0.894. The maximum Gasteiger partial charge on any atom is 0.228 e. The molecule has 3 N–H and O–H groups in total. The molecule has 1 aliphatic rings. The predicted molar refractivity (Wildman–Crippen MR) is 91.2 cm³/mol. The average Bonchev–Trinajstić information content (AvgIpc) is 3.32. The monoisotopic (exact) mass is 337 g/mol. The molecular weight excluding hydrogens is 321 g/mol. The fourth-order valence-corrected chi connectivity index (χ4v) is 2.40. The molecule has 1 fully saturated rings. The number of benzene rings is 1. The molecule has 0 saturated heterocycles. The van der Waals surface area contributed by atoms with Gasteiger partial charge in [-0.15, -0.1) is 12.4 Å². The van der Waals surface area contributed by atoms with Gasteiger partial charge in [0.05, 0.1) is 0 Å². The largest absolute Gasteiger partial charge is 0.326 e. The first-order valence-electron chi connectivity index (χ1n) is 6.93. The van der Waals surface area contributed by atoms with Crippen LogP contribution in [0, 0.1) is 5.92 Å². The predicted octanol–water partition coefficient (Wildman–Crippen LogP) is 3.63. The summed E-state index contributed by atoms with van der Waals surface area (Å²) in [6.07, 6.45) is 3.63. The van der Waals surface area contributed by atoms with Gasteiger partial charge in [-0.2, -0.15) is 0 Å². The molecule has 1 amide bonds. The standard InChI is InChI=1S/C16H16ClN3O.ClH/c17-14-7-11(3-4-13(14)9-18)12-5-6-19-15(8-12)20-16(21)10-1-2-10;/h3-8,10H,1-2,9,18H2,(H,19,20,21);1H. The van der Waals surface area contributed by atoms with Crippen LogP contribution in [0.15, 0.2) is 36.5 Å². The van der Waals surface area contributed by atoms with Crippen molar-refractivity contribution in [1.82, 2.24) is 4.98 Å². The number of carbonyl (C=O) groups is 1. The van der Waals surface area contributed by atoms with Gasteiger partial charge >= 0.3 is 0 Å². The smallest absolute Gasteiger partial charge is 0.228 e. The molecular formula is C16H17Cl2N3O. The van der Waals surface area contributed by atoms with Crippen molar-refractivity contribution < 1.29 is 4.79 Å². The van der Waals surface area contributed by atoms with Crippen LogP contribution in [0.5, 0.6) is 0 Å². The molecule has 1 aromatic heterocycles. The van der Waals surface area contributed by atoms with Crippen molar-refractivity contribution in [1.29, 1.82) is 0 Å². The van der Waals surface area contributed by atoms with Crippen molar-refractivity contribution in [2.75, 3.05) is 5.32 Å². The molecule has 0 unspecified atom stereocenters. The van der Waals surface area contributed by atoms with Gasteiger partial charge in [0.2, 0.25) is 5.91 Å². The minimum absolute atomic E-state index is 0. The Hall–Kier alpha value is -1.62. The number of nitrogens with zero attached hydrogens (tertiary/aromatic N) is 1. The topological polar surface area (TPSA) is 68.0 Å². The Morgan fingerprint density at radius 2 is 2.00 bits per heavy atom. The fraction of sp³-hybridized carbons (Fsp3) is 0.250. The molecule has 0 atom stereocenters. The lowest BCUT2D eigenvalue weighted by Gasteiger charge is -2.08. The summed E-state index contributed by atoms with van der Waals surface area (Å²) in [6, 6.07) is 9.51. The number of rotatable bonds is 4. The lowest BCUT2D eigenvalue weighted by molar-refractivity contribution is -0.117. The van der Waals surface area contributed by atoms with Crippen LogP contribution in [0.1, 0.15) is 18.4 Å². The normalized spacial score (nSPS) is 13.4. The molecule has 3 rings (SSSR count). The summed E-state index contributed by atoms with van der Waals surface area (Å²) in [6.45, 7) is 0.415. The summed E-state index contributed by atoms with van der Waals surface area (Å²) in [5, 5.41) is 3.50. The lowest BCUT2D eigenvalue weighted by Crippen LogP contribution is -2.14. The zero-order valence-corrected chi connectivity index (χ0v) is 13.5. The van der Waals surface area contributed by atoms with E-state index in [1.165, 1.54) is 0 Å². The van der Waals surface area contributed by atoms with Crippen LogP contribution in [0.25, 0.3) is 11.1 Å². The van der Waals surface area contributed by atoms with Crippen molar-refractivity contribution in [3.05, 3.63) is 47.1 Å². The maximum absolute atomic E-state index is 11.8. The lowest BCUT2D eigenvalue weighted by atomic mass is 10.0. The second kappa shape index (κ2) is 7.09. The van der Waals surface area contributed by atoms with Gasteiger partial charge in [-0.05, 0) is 47.7 Å². The van der Waals surface area contributed by atoms with Crippen LogP contribution in [0.4, 0.5) is 5.82 Å². The second-order valence-electron chi connectivity index (χ2n) is 5.20. The van der Waals surface area contributed by atoms with Crippen molar-refractivity contribution in [2.24, 2.45) is 11.7 Å². The third-order valence-corrected chi connectivity index (χ3v) is 3.92. The average molecular weight is 338 g/mol. The summed E-state index contributed by atoms with van der Waals surface area (Å²) in [5.74, 6) is 0.785. The minimum atomic E-state index is 0. The molecule has 1 aromatic carbocycles. The van der Waals surface area contributed by atoms with E-state index in [1.54, 1.807) is 6.20 Å². The molecule has 4 nitrogen and oxygen atoms in total. The number of halogens is 2. The SMILES string of the molecule is Cl.NCc1ccc(-c2ccnc(NC(=O)C3CC3)c2)cc1Cl. The molecule has 1 heterocycles. The van der Waals surface area contributed by atoms with Gasteiger partial charge in [0.1, 0.15) is 5.82 Å². The third kappa shape index (κ3) is 3.77. The van der Waals surface area contributed by atoms with Crippen molar-refractivity contribution in [3.63, 3.8) is 0 Å². The molecule has 0 aliphatic heterocycles. The van der Waals surface area contributed by atoms with Crippen molar-refractivity contribution in [3.8, 4) is 11.1 Å². The highest BCUT2D eigenvalue weighted by Gasteiger charge is 2.29. The number of amides is 1. The molecule has 22 heavy (non-hydrogen) atoms. The van der Waals surface area contributed by atoms with Gasteiger partial charge in [0.15, 0.2) is 0 Å². The molecule has 2 aromatic rings. The Morgan fingerprint density at radius 1 is 1.27 bits per heavy atom. The van der Waals surface area contributed by atoms with E-state index < -0.39 is 0 Å². The van der Waals surface area contributed by atoms with Crippen LogP contribution < -0.4 is 11.1 Å². The first-order chi connectivity index (χ1) is 10.2. The molecule has 1 aliphatic carbocycles. The molecule has 0 bridgehead atoms. The highest BCUT2D eigenvalue weighted by Crippen LogP contribution is 2.31. The number of nitrogens with two attached hydrogens (primary N) is 1. The Labute approximate surface area is 140 Å². The van der Waals surface area contributed by atoms with E-state index in [0.29, 0.717) is 17.4 Å². The van der Waals surface area contributed by atoms with Gasteiger partial charge in [0, 0.05) is 23.7 Å². The number of pyridine rings is 1. The summed E-state index contributed by atoms with van der Waals surface area (Å²) < 4.78 is 0. The summed E-state index contributed by atoms with van der Waals surface area (Å²) in [4.78, 5) is 16.0. The van der Waals surface area contributed by atoms with Crippen molar-refractivity contribution in [2.45, 2.75) is 19.4 Å². The number of carbonyl (C=O) groups excluding carboxylic acids is 1. The zero-order valence-electron chi connectivity index (χ0n) is 11.9. The number of nitrogens with one attached hydrogen (secondary N) is 1. The number of hydrogen-bond donors (Lipinski definition) is 2. The summed E-state index contributed by atoms with van der Waals surface area (Å²) in [5.41, 5.74) is 8.46. The number of aromatic nitrogens is 1. The van der Waals surface area contributed by atoms with Crippen LogP contribution >= 0.6 is 24.0 Å². The van der Waals surface area contributed by atoms with Gasteiger partial charge in [-0.25, -0.2) is 4.98 Å². The van der Waals surface area contributed by atoms with E-state index in [0.717, 1.165) is 29.5 Å². The minimum Gasteiger partial charge on any atom is -0.326 e. The van der Waals surface area contributed by atoms with Crippen LogP contribution in [-0.2, 0) is 11.3 Å². The van der Waals surface area contributed by atoms with Crippen LogP contribution in [0.3, 0.4) is 0 Å². The number of anilines is 1. The maximum atomic E-state index is 11.8. The first kappa shape index (κ1) is 16.7. The Balaban J connectivity index is 0.00000176. The zero-order chi connectivity index (χ0) is 14.8. The van der Waals surface area contributed by atoms with E-state index in [4.69, 9.17) is 17.3 Å². The molecule has 116 valence electrons. The molecule has 6 heteroatoms. The highest BCUT2D eigenvalue weighted by atomic mass is 35.5. The number of hydrogen-bond acceptors (Lipinski definition) is 3. The Kier molecular flexibility index (Phi) is 5.40. The fourth-order valence-electron chi connectivity index (χ4n) is 2.14. The molecule has 0 radical (unpaired) electrons. The van der Waals surface area contributed by atoms with E-state index in [1.807, 2.05) is 30.3 Å². The molecule has 0 spiro atoms. The summed E-state index contributed by atoms with van der Waals surface area (Å²) >= 11 is 6.19. The third-order valence-electron chi connectivity index (χ3n) is 3.57. The van der Waals surface area contributed by atoms with Crippen LogP contribution in [-0.4, -0.2) is 10.9 Å². The van der Waals surface area contributed by atoms with Gasteiger partial charge < -0.3 is 11.1 Å². The highest BCUT2D eigenvalue weighted by molar-refractivity contribution is 6.31. The van der Waals surface area contributed by atoms with Gasteiger partial charge in [0.25, 0.3) is 0 Å².